The molecule has 0 radical (unpaired) electrons. The van der Waals surface area contributed by atoms with Gasteiger partial charge in [0.05, 0.1) is 5.41 Å². The van der Waals surface area contributed by atoms with Crippen molar-refractivity contribution >= 4 is 35.6 Å². The van der Waals surface area contributed by atoms with E-state index in [4.69, 9.17) is 12.2 Å². The number of aryl methyl sites for hydroxylation is 1. The molecule has 3 N–H and O–H groups in total. The Bertz CT molecular complexity index is 1280. The van der Waals surface area contributed by atoms with Crippen LogP contribution in [0.1, 0.15) is 37.3 Å². The number of benzene rings is 2. The van der Waals surface area contributed by atoms with Gasteiger partial charge in [-0.15, -0.1) is 0 Å². The number of aromatic amines is 1. The molecule has 1 aromatic heterocycles. The first kappa shape index (κ1) is 22.6. The molecular formula is C24H25N5O3S. The fraction of sp³-hybridized carbons (Fsp3) is 0.292. The van der Waals surface area contributed by atoms with Crippen LogP contribution < -0.4 is 10.6 Å². The molecule has 2 aromatic carbocycles. The molecule has 3 amide bonds. The van der Waals surface area contributed by atoms with Crippen LogP contribution in [-0.2, 0) is 26.3 Å². The molecule has 0 aliphatic carbocycles. The van der Waals surface area contributed by atoms with Gasteiger partial charge < -0.3 is 5.32 Å². The van der Waals surface area contributed by atoms with Gasteiger partial charge in [0.1, 0.15) is 6.54 Å². The third-order valence-electron chi connectivity index (χ3n) is 6.13. The summed E-state index contributed by atoms with van der Waals surface area (Å²) < 4.78 is 2.02. The minimum absolute atomic E-state index is 0.00375. The fourth-order valence-corrected chi connectivity index (χ4v) is 4.45. The van der Waals surface area contributed by atoms with Crippen LogP contribution in [0.15, 0.2) is 48.5 Å². The first-order valence-corrected chi connectivity index (χ1v) is 11.2. The van der Waals surface area contributed by atoms with Gasteiger partial charge in [-0.25, -0.2) is 0 Å². The van der Waals surface area contributed by atoms with Crippen molar-refractivity contribution in [3.63, 3.8) is 0 Å². The molecule has 170 valence electrons. The monoisotopic (exact) mass is 463 g/mol. The highest BCUT2D eigenvalue weighted by atomic mass is 32.1. The van der Waals surface area contributed by atoms with Gasteiger partial charge in [-0.05, 0) is 55.7 Å². The Labute approximate surface area is 196 Å². The molecule has 1 aliphatic rings. The van der Waals surface area contributed by atoms with Crippen molar-refractivity contribution in [2.24, 2.45) is 0 Å². The minimum atomic E-state index is -0.733. The maximum Gasteiger partial charge on any atom is 0.244 e. The van der Waals surface area contributed by atoms with Crippen LogP contribution in [0, 0.1) is 11.7 Å². The van der Waals surface area contributed by atoms with Gasteiger partial charge in [0.25, 0.3) is 0 Å². The molecule has 0 saturated carbocycles. The van der Waals surface area contributed by atoms with Crippen molar-refractivity contribution in [1.29, 1.82) is 0 Å². The number of rotatable bonds is 6. The van der Waals surface area contributed by atoms with E-state index in [0.717, 1.165) is 16.7 Å². The summed E-state index contributed by atoms with van der Waals surface area (Å²) in [5.41, 5.74) is 2.65. The van der Waals surface area contributed by atoms with E-state index in [1.54, 1.807) is 16.7 Å². The summed E-state index contributed by atoms with van der Waals surface area (Å²) in [6, 6.07) is 15.0. The smallest absolute Gasteiger partial charge is 0.244 e. The maximum atomic E-state index is 12.8. The number of amides is 3. The zero-order valence-corrected chi connectivity index (χ0v) is 19.3. The van der Waals surface area contributed by atoms with Crippen LogP contribution >= 0.6 is 12.2 Å². The molecule has 0 spiro atoms. The molecule has 8 nitrogen and oxygen atoms in total. The van der Waals surface area contributed by atoms with Crippen LogP contribution in [-0.4, -0.2) is 32.5 Å². The van der Waals surface area contributed by atoms with Gasteiger partial charge in [-0.3, -0.25) is 29.4 Å². The zero-order valence-electron chi connectivity index (χ0n) is 18.5. The van der Waals surface area contributed by atoms with E-state index in [1.807, 2.05) is 50.2 Å². The number of H-pyrrole nitrogens is 1. The highest BCUT2D eigenvalue weighted by molar-refractivity contribution is 7.71. The second kappa shape index (κ2) is 9.11. The van der Waals surface area contributed by atoms with E-state index in [0.29, 0.717) is 35.5 Å². The number of hydrogen-bond acceptors (Lipinski definition) is 5. The quantitative estimate of drug-likeness (QED) is 0.382. The molecule has 1 unspecified atom stereocenters. The summed E-state index contributed by atoms with van der Waals surface area (Å²) in [5, 5.41) is 12.4. The van der Waals surface area contributed by atoms with Crippen molar-refractivity contribution < 1.29 is 14.4 Å². The Hall–Kier alpha value is -3.59. The van der Waals surface area contributed by atoms with Crippen molar-refractivity contribution in [2.45, 2.75) is 45.1 Å². The predicted octanol–water partition coefficient (Wildman–Crippen LogP) is 3.64. The molecular weight excluding hydrogens is 438 g/mol. The molecule has 9 heteroatoms. The average molecular weight is 464 g/mol. The summed E-state index contributed by atoms with van der Waals surface area (Å²) >= 11 is 5.33. The standard InChI is InChI=1S/C24H25N5O3S/c1-3-24(12-11-19(30)26-22(24)32)17-7-9-18(10-8-17)25-20(31)14-29-21(27-28-23(29)33)16-6-4-5-15(2)13-16/h4-10,13H,3,11-12,14H2,1-2H3,(H,25,31)(H,28,33)(H,26,30,32). The summed E-state index contributed by atoms with van der Waals surface area (Å²) in [4.78, 5) is 36.9. The normalized spacial score (nSPS) is 18.1. The first-order chi connectivity index (χ1) is 15.8. The third-order valence-corrected chi connectivity index (χ3v) is 6.44. The van der Waals surface area contributed by atoms with Crippen LogP contribution in [0.25, 0.3) is 11.4 Å². The van der Waals surface area contributed by atoms with Crippen LogP contribution in [0.5, 0.6) is 0 Å². The minimum Gasteiger partial charge on any atom is -0.325 e. The highest BCUT2D eigenvalue weighted by Crippen LogP contribution is 2.36. The number of anilines is 1. The van der Waals surface area contributed by atoms with Gasteiger partial charge in [-0.1, -0.05) is 42.8 Å². The Kier molecular flexibility index (Phi) is 6.24. The molecule has 1 fully saturated rings. The topological polar surface area (TPSA) is 109 Å². The number of carbonyl (C=O) groups excluding carboxylic acids is 3. The molecule has 3 aromatic rings. The van der Waals surface area contributed by atoms with E-state index in [9.17, 15) is 14.4 Å². The lowest BCUT2D eigenvalue weighted by Gasteiger charge is -2.35. The number of nitrogens with one attached hydrogen (secondary N) is 3. The largest absolute Gasteiger partial charge is 0.325 e. The van der Waals surface area contributed by atoms with Gasteiger partial charge >= 0.3 is 0 Å². The van der Waals surface area contributed by atoms with Crippen LogP contribution in [0.2, 0.25) is 0 Å². The van der Waals surface area contributed by atoms with E-state index in [2.05, 4.69) is 20.8 Å². The SMILES string of the molecule is CCC1(c2ccc(NC(=O)Cn3c(-c4cccc(C)c4)n[nH]c3=S)cc2)CCC(=O)NC1=O. The predicted molar refractivity (Wildman–Crippen MR) is 127 cm³/mol. The molecule has 1 saturated heterocycles. The number of carbonyl (C=O) groups is 3. The molecule has 1 atom stereocenters. The number of hydrogen-bond donors (Lipinski definition) is 3. The summed E-state index contributed by atoms with van der Waals surface area (Å²) in [6.07, 6.45) is 1.37. The molecule has 1 aliphatic heterocycles. The van der Waals surface area contributed by atoms with Gasteiger partial charge in [0, 0.05) is 17.7 Å². The average Bonchev–Trinajstić information content (AvgIpc) is 3.15. The van der Waals surface area contributed by atoms with Crippen LogP contribution in [0.4, 0.5) is 5.69 Å². The van der Waals surface area contributed by atoms with Crippen LogP contribution in [0.3, 0.4) is 0 Å². The third kappa shape index (κ3) is 4.49. The molecule has 4 rings (SSSR count). The van der Waals surface area contributed by atoms with E-state index >= 15 is 0 Å². The Morgan fingerprint density at radius 3 is 2.64 bits per heavy atom. The van der Waals surface area contributed by atoms with Crippen molar-refractivity contribution in [1.82, 2.24) is 20.1 Å². The first-order valence-electron chi connectivity index (χ1n) is 10.8. The number of nitrogens with zero attached hydrogens (tertiary/aromatic N) is 2. The Morgan fingerprint density at radius 2 is 1.97 bits per heavy atom. The Morgan fingerprint density at radius 1 is 1.21 bits per heavy atom. The second-order valence-electron chi connectivity index (χ2n) is 8.25. The van der Waals surface area contributed by atoms with Gasteiger partial charge in [-0.2, -0.15) is 5.10 Å². The lowest BCUT2D eigenvalue weighted by molar-refractivity contribution is -0.138. The van der Waals surface area contributed by atoms with E-state index in [1.165, 1.54) is 0 Å². The second-order valence-corrected chi connectivity index (χ2v) is 8.63. The molecule has 2 heterocycles. The summed E-state index contributed by atoms with van der Waals surface area (Å²) in [5.74, 6) is -0.163. The van der Waals surface area contributed by atoms with E-state index < -0.39 is 5.41 Å². The van der Waals surface area contributed by atoms with Crippen molar-refractivity contribution in [2.75, 3.05) is 5.32 Å². The van der Waals surface area contributed by atoms with Crippen molar-refractivity contribution in [3.8, 4) is 11.4 Å². The summed E-state index contributed by atoms with van der Waals surface area (Å²) in [7, 11) is 0. The Balaban J connectivity index is 1.50. The van der Waals surface area contributed by atoms with Gasteiger partial charge in [0.15, 0.2) is 10.6 Å². The maximum absolute atomic E-state index is 12.8. The zero-order chi connectivity index (χ0) is 23.6. The van der Waals surface area contributed by atoms with E-state index in [-0.39, 0.29) is 24.3 Å². The molecule has 0 bridgehead atoms. The number of aromatic nitrogens is 3. The highest BCUT2D eigenvalue weighted by Gasteiger charge is 2.42. The summed E-state index contributed by atoms with van der Waals surface area (Å²) in [6.45, 7) is 3.93. The fourth-order valence-electron chi connectivity index (χ4n) is 4.25. The number of imide groups is 1. The molecule has 33 heavy (non-hydrogen) atoms. The lowest BCUT2D eigenvalue weighted by Crippen LogP contribution is -2.51. The van der Waals surface area contributed by atoms with Gasteiger partial charge in [0.2, 0.25) is 17.7 Å². The number of piperidine rings is 1. The lowest BCUT2D eigenvalue weighted by atomic mass is 9.72. The van der Waals surface area contributed by atoms with Crippen molar-refractivity contribution in [3.05, 3.63) is 64.4 Å².